The van der Waals surface area contributed by atoms with Gasteiger partial charge >= 0.3 is 0 Å². The van der Waals surface area contributed by atoms with Gasteiger partial charge in [-0.15, -0.1) is 10.2 Å². The van der Waals surface area contributed by atoms with E-state index >= 15 is 0 Å². The van der Waals surface area contributed by atoms with Crippen molar-refractivity contribution in [3.63, 3.8) is 0 Å². The first-order valence-corrected chi connectivity index (χ1v) is 9.61. The minimum Gasteiger partial charge on any atom is -0.352 e. The van der Waals surface area contributed by atoms with Crippen molar-refractivity contribution in [2.45, 2.75) is 20.8 Å². The van der Waals surface area contributed by atoms with E-state index in [1.165, 1.54) is 12.1 Å². The molecule has 2 aromatic heterocycles. The highest BCUT2D eigenvalue weighted by atomic mass is 19.1. The van der Waals surface area contributed by atoms with Gasteiger partial charge in [0.1, 0.15) is 5.82 Å². The minimum atomic E-state index is -0.400. The van der Waals surface area contributed by atoms with Crippen molar-refractivity contribution < 1.29 is 9.18 Å². The molecule has 0 bridgehead atoms. The number of carbonyl (C=O) groups excluding carboxylic acids is 1. The normalized spacial score (nSPS) is 14.3. The Kier molecular flexibility index (Phi) is 5.00. The fourth-order valence-corrected chi connectivity index (χ4v) is 3.49. The second kappa shape index (κ2) is 7.62. The maximum atomic E-state index is 13.4. The van der Waals surface area contributed by atoms with Gasteiger partial charge in [-0.05, 0) is 56.7 Å². The van der Waals surface area contributed by atoms with Crippen LogP contribution in [0.5, 0.6) is 0 Å². The Labute approximate surface area is 168 Å². The van der Waals surface area contributed by atoms with E-state index in [1.807, 2.05) is 32.9 Å². The van der Waals surface area contributed by atoms with Gasteiger partial charge in [0.05, 0.1) is 5.69 Å². The Morgan fingerprint density at radius 2 is 1.66 bits per heavy atom. The van der Waals surface area contributed by atoms with Crippen LogP contribution >= 0.6 is 0 Å². The molecule has 1 aromatic carbocycles. The molecule has 0 aliphatic carbocycles. The van der Waals surface area contributed by atoms with E-state index in [0.717, 1.165) is 22.8 Å². The molecule has 1 aliphatic rings. The van der Waals surface area contributed by atoms with Crippen molar-refractivity contribution in [3.05, 3.63) is 64.7 Å². The van der Waals surface area contributed by atoms with Crippen LogP contribution in [0.25, 0.3) is 5.82 Å². The summed E-state index contributed by atoms with van der Waals surface area (Å²) in [4.78, 5) is 16.4. The van der Waals surface area contributed by atoms with E-state index in [4.69, 9.17) is 0 Å². The molecule has 1 fully saturated rings. The van der Waals surface area contributed by atoms with Crippen molar-refractivity contribution in [3.8, 4) is 5.82 Å². The number of halogens is 1. The van der Waals surface area contributed by atoms with Crippen molar-refractivity contribution in [1.29, 1.82) is 0 Å². The van der Waals surface area contributed by atoms with Crippen LogP contribution < -0.4 is 4.90 Å². The van der Waals surface area contributed by atoms with Gasteiger partial charge < -0.3 is 9.80 Å². The highest BCUT2D eigenvalue weighted by Gasteiger charge is 2.23. The molecule has 1 amide bonds. The average Bonchev–Trinajstić information content (AvgIpc) is 3.01. The highest BCUT2D eigenvalue weighted by Crippen LogP contribution is 2.18. The molecule has 1 saturated heterocycles. The number of hydrogen-bond donors (Lipinski definition) is 0. The number of piperazine rings is 1. The molecule has 0 atom stereocenters. The fraction of sp³-hybridized carbons (Fsp3) is 0.333. The number of rotatable bonds is 3. The molecule has 7 nitrogen and oxygen atoms in total. The maximum absolute atomic E-state index is 13.4. The fourth-order valence-electron chi connectivity index (χ4n) is 3.49. The molecule has 8 heteroatoms. The summed E-state index contributed by atoms with van der Waals surface area (Å²) >= 11 is 0. The molecule has 0 unspecified atom stereocenters. The summed E-state index contributed by atoms with van der Waals surface area (Å²) in [6.45, 7) is 8.43. The summed E-state index contributed by atoms with van der Waals surface area (Å²) in [5.74, 6) is 0.903. The van der Waals surface area contributed by atoms with Crippen LogP contribution in [0, 0.1) is 26.6 Å². The lowest BCUT2D eigenvalue weighted by Crippen LogP contribution is -2.49. The van der Waals surface area contributed by atoms with Crippen LogP contribution in [-0.4, -0.2) is 57.0 Å². The SMILES string of the molecule is Cc1nn(-c2ccc(N3CCN(C(=O)c4cccc(F)c4)CC3)nn2)c(C)c1C. The van der Waals surface area contributed by atoms with E-state index in [0.29, 0.717) is 37.6 Å². The summed E-state index contributed by atoms with van der Waals surface area (Å²) in [5, 5.41) is 13.2. The number of anilines is 1. The number of nitrogens with zero attached hydrogens (tertiary/aromatic N) is 6. The smallest absolute Gasteiger partial charge is 0.254 e. The monoisotopic (exact) mass is 394 g/mol. The van der Waals surface area contributed by atoms with E-state index < -0.39 is 5.82 Å². The third-order valence-electron chi connectivity index (χ3n) is 5.47. The molecule has 4 rings (SSSR count). The predicted octanol–water partition coefficient (Wildman–Crippen LogP) is 2.69. The van der Waals surface area contributed by atoms with E-state index in [2.05, 4.69) is 20.2 Å². The van der Waals surface area contributed by atoms with Gasteiger partial charge in [0.2, 0.25) is 0 Å². The van der Waals surface area contributed by atoms with E-state index in [1.54, 1.807) is 21.7 Å². The largest absolute Gasteiger partial charge is 0.352 e. The van der Waals surface area contributed by atoms with Gasteiger partial charge in [-0.3, -0.25) is 4.79 Å². The number of amides is 1. The third-order valence-corrected chi connectivity index (χ3v) is 5.47. The summed E-state index contributed by atoms with van der Waals surface area (Å²) < 4.78 is 15.2. The summed E-state index contributed by atoms with van der Waals surface area (Å²) in [6, 6.07) is 9.65. The standard InChI is InChI=1S/C21H23FN6O/c1-14-15(2)25-28(16(14)3)20-8-7-19(23-24-20)26-9-11-27(12-10-26)21(29)17-5-4-6-18(22)13-17/h4-8,13H,9-12H2,1-3H3. The molecule has 0 N–H and O–H groups in total. The first-order chi connectivity index (χ1) is 13.9. The summed E-state index contributed by atoms with van der Waals surface area (Å²) in [7, 11) is 0. The van der Waals surface area contributed by atoms with Crippen molar-refractivity contribution in [2.24, 2.45) is 0 Å². The molecular formula is C21H23FN6O. The van der Waals surface area contributed by atoms with Crippen LogP contribution in [0.15, 0.2) is 36.4 Å². The summed E-state index contributed by atoms with van der Waals surface area (Å²) in [6.07, 6.45) is 0. The van der Waals surface area contributed by atoms with Gasteiger partial charge in [-0.1, -0.05) is 6.07 Å². The zero-order valence-corrected chi connectivity index (χ0v) is 16.8. The Morgan fingerprint density at radius 1 is 0.966 bits per heavy atom. The Bertz CT molecular complexity index is 1040. The molecule has 0 radical (unpaired) electrons. The number of aromatic nitrogens is 4. The zero-order chi connectivity index (χ0) is 20.5. The van der Waals surface area contributed by atoms with Crippen molar-refractivity contribution in [1.82, 2.24) is 24.9 Å². The Hall–Kier alpha value is -3.29. The first kappa shape index (κ1) is 19.0. The van der Waals surface area contributed by atoms with Crippen molar-refractivity contribution in [2.75, 3.05) is 31.1 Å². The number of benzene rings is 1. The second-order valence-electron chi connectivity index (χ2n) is 7.25. The number of hydrogen-bond acceptors (Lipinski definition) is 5. The van der Waals surface area contributed by atoms with Gasteiger partial charge in [-0.2, -0.15) is 5.10 Å². The topological polar surface area (TPSA) is 67.2 Å². The van der Waals surface area contributed by atoms with Gasteiger partial charge in [0.15, 0.2) is 11.6 Å². The molecule has 29 heavy (non-hydrogen) atoms. The third kappa shape index (κ3) is 3.70. The Balaban J connectivity index is 1.42. The molecule has 150 valence electrons. The lowest BCUT2D eigenvalue weighted by atomic mass is 10.1. The quantitative estimate of drug-likeness (QED) is 0.683. The van der Waals surface area contributed by atoms with E-state index in [-0.39, 0.29) is 5.91 Å². The maximum Gasteiger partial charge on any atom is 0.254 e. The lowest BCUT2D eigenvalue weighted by Gasteiger charge is -2.35. The molecular weight excluding hydrogens is 371 g/mol. The number of carbonyl (C=O) groups is 1. The van der Waals surface area contributed by atoms with Crippen molar-refractivity contribution >= 4 is 11.7 Å². The van der Waals surface area contributed by atoms with Crippen LogP contribution in [0.1, 0.15) is 27.3 Å². The Morgan fingerprint density at radius 3 is 2.24 bits per heavy atom. The lowest BCUT2D eigenvalue weighted by molar-refractivity contribution is 0.0746. The summed E-state index contributed by atoms with van der Waals surface area (Å²) in [5.41, 5.74) is 3.55. The van der Waals surface area contributed by atoms with Gasteiger partial charge in [0.25, 0.3) is 5.91 Å². The zero-order valence-electron chi connectivity index (χ0n) is 16.8. The van der Waals surface area contributed by atoms with E-state index in [9.17, 15) is 9.18 Å². The number of aryl methyl sites for hydroxylation is 1. The van der Waals surface area contributed by atoms with Crippen LogP contribution in [-0.2, 0) is 0 Å². The minimum absolute atomic E-state index is 0.148. The predicted molar refractivity (Wildman–Crippen MR) is 108 cm³/mol. The molecule has 3 aromatic rings. The van der Waals surface area contributed by atoms with Crippen LogP contribution in [0.4, 0.5) is 10.2 Å². The second-order valence-corrected chi connectivity index (χ2v) is 7.25. The molecule has 0 spiro atoms. The molecule has 1 aliphatic heterocycles. The van der Waals surface area contributed by atoms with Gasteiger partial charge in [-0.25, -0.2) is 9.07 Å². The first-order valence-electron chi connectivity index (χ1n) is 9.61. The molecule has 0 saturated carbocycles. The van der Waals surface area contributed by atoms with Crippen LogP contribution in [0.3, 0.4) is 0 Å². The highest BCUT2D eigenvalue weighted by molar-refractivity contribution is 5.94. The molecule has 3 heterocycles. The average molecular weight is 394 g/mol. The van der Waals surface area contributed by atoms with Gasteiger partial charge in [0, 0.05) is 37.4 Å². The van der Waals surface area contributed by atoms with Crippen LogP contribution in [0.2, 0.25) is 0 Å².